The lowest BCUT2D eigenvalue weighted by Gasteiger charge is -2.35. The maximum atomic E-state index is 12.8. The van der Waals surface area contributed by atoms with Gasteiger partial charge in [-0.2, -0.15) is 4.98 Å². The largest absolute Gasteiger partial charge is 0.450 e. The molecule has 3 N–H and O–H groups in total. The van der Waals surface area contributed by atoms with Gasteiger partial charge in [-0.25, -0.2) is 4.79 Å². The van der Waals surface area contributed by atoms with Crippen molar-refractivity contribution < 1.29 is 9.21 Å². The Morgan fingerprint density at radius 1 is 1.26 bits per heavy atom. The number of fused-ring (bicyclic) bond motifs is 1. The van der Waals surface area contributed by atoms with E-state index in [2.05, 4.69) is 25.9 Å². The van der Waals surface area contributed by atoms with E-state index in [1.807, 2.05) is 24.0 Å². The number of furan rings is 1. The lowest BCUT2D eigenvalue weighted by molar-refractivity contribution is 0.0717. The first-order chi connectivity index (χ1) is 12.9. The number of rotatable bonds is 2. The number of nitrogens with two attached hydrogens (primary N) is 1. The molecule has 0 spiro atoms. The number of hydrogen-bond acceptors (Lipinski definition) is 6. The molecular formula is C18H18BrN5O3. The highest BCUT2D eigenvalue weighted by atomic mass is 79.9. The van der Waals surface area contributed by atoms with Crippen LogP contribution >= 0.6 is 15.9 Å². The third kappa shape index (κ3) is 3.30. The number of hydrogen-bond donors (Lipinski definition) is 2. The van der Waals surface area contributed by atoms with Crippen molar-refractivity contribution in [3.63, 3.8) is 0 Å². The Labute approximate surface area is 163 Å². The third-order valence-electron chi connectivity index (χ3n) is 4.66. The quantitative estimate of drug-likeness (QED) is 0.643. The minimum Gasteiger partial charge on any atom is -0.450 e. The fourth-order valence-electron chi connectivity index (χ4n) is 3.32. The first-order valence-electron chi connectivity index (χ1n) is 8.51. The number of anilines is 2. The Bertz CT molecular complexity index is 1080. The molecule has 0 atom stereocenters. The molecule has 140 valence electrons. The van der Waals surface area contributed by atoms with Gasteiger partial charge in [0.15, 0.2) is 5.76 Å². The highest BCUT2D eigenvalue weighted by Crippen LogP contribution is 2.29. The molecule has 9 heteroatoms. The van der Waals surface area contributed by atoms with Gasteiger partial charge in [0.25, 0.3) is 5.91 Å². The molecule has 1 amide bonds. The molecule has 8 nitrogen and oxygen atoms in total. The molecule has 2 aromatic heterocycles. The molecule has 0 radical (unpaired) electrons. The van der Waals surface area contributed by atoms with E-state index in [0.29, 0.717) is 43.2 Å². The summed E-state index contributed by atoms with van der Waals surface area (Å²) in [6, 6.07) is 5.73. The summed E-state index contributed by atoms with van der Waals surface area (Å²) in [6.45, 7) is 4.22. The minimum atomic E-state index is -0.476. The SMILES string of the molecule is Cc1cc(Br)c2oc(C(=O)N3CCN(c4cnc(=O)[nH]c4N)CC3)cc2c1. The second-order valence-electron chi connectivity index (χ2n) is 6.54. The number of carbonyl (C=O) groups excluding carboxylic acids is 1. The maximum Gasteiger partial charge on any atom is 0.346 e. The molecule has 1 fully saturated rings. The van der Waals surface area contributed by atoms with Gasteiger partial charge >= 0.3 is 5.69 Å². The zero-order chi connectivity index (χ0) is 19.1. The number of nitrogen functional groups attached to an aromatic ring is 1. The fourth-order valence-corrected chi connectivity index (χ4v) is 3.99. The van der Waals surface area contributed by atoms with E-state index >= 15 is 0 Å². The molecule has 1 aliphatic rings. The minimum absolute atomic E-state index is 0.136. The monoisotopic (exact) mass is 431 g/mol. The summed E-state index contributed by atoms with van der Waals surface area (Å²) < 4.78 is 6.63. The van der Waals surface area contributed by atoms with E-state index in [1.165, 1.54) is 6.20 Å². The second kappa shape index (κ2) is 6.73. The normalized spacial score (nSPS) is 14.7. The molecule has 1 aliphatic heterocycles. The van der Waals surface area contributed by atoms with Crippen molar-refractivity contribution in [1.29, 1.82) is 0 Å². The zero-order valence-corrected chi connectivity index (χ0v) is 16.2. The standard InChI is InChI=1S/C18H18BrN5O3/c1-10-6-11-8-14(27-15(11)12(19)7-10)17(25)24-4-2-23(3-5-24)13-9-21-18(26)22-16(13)20/h6-9H,2-5H2,1H3,(H3,20,21,22,26). The molecule has 4 rings (SSSR count). The number of nitrogens with one attached hydrogen (secondary N) is 1. The van der Waals surface area contributed by atoms with Gasteiger partial charge < -0.3 is 20.0 Å². The first-order valence-corrected chi connectivity index (χ1v) is 9.30. The Morgan fingerprint density at radius 2 is 2.00 bits per heavy atom. The van der Waals surface area contributed by atoms with Crippen LogP contribution in [0.3, 0.4) is 0 Å². The van der Waals surface area contributed by atoms with Crippen LogP contribution in [0.15, 0.2) is 38.1 Å². The van der Waals surface area contributed by atoms with Gasteiger partial charge in [0.1, 0.15) is 11.4 Å². The van der Waals surface area contributed by atoms with Gasteiger partial charge in [0, 0.05) is 31.6 Å². The zero-order valence-electron chi connectivity index (χ0n) is 14.7. The number of benzene rings is 1. The molecule has 0 unspecified atom stereocenters. The predicted molar refractivity (Wildman–Crippen MR) is 106 cm³/mol. The summed E-state index contributed by atoms with van der Waals surface area (Å²) in [5, 5.41) is 0.899. The summed E-state index contributed by atoms with van der Waals surface area (Å²) in [5.74, 6) is 0.477. The molecule has 3 heterocycles. The van der Waals surface area contributed by atoms with E-state index in [0.717, 1.165) is 15.4 Å². The van der Waals surface area contributed by atoms with Crippen molar-refractivity contribution in [2.75, 3.05) is 36.8 Å². The van der Waals surface area contributed by atoms with Gasteiger partial charge in [-0.15, -0.1) is 0 Å². The molecule has 27 heavy (non-hydrogen) atoms. The highest BCUT2D eigenvalue weighted by Gasteiger charge is 2.26. The number of halogens is 1. The van der Waals surface area contributed by atoms with E-state index in [4.69, 9.17) is 10.2 Å². The smallest absolute Gasteiger partial charge is 0.346 e. The lowest BCUT2D eigenvalue weighted by atomic mass is 10.2. The summed E-state index contributed by atoms with van der Waals surface area (Å²) in [7, 11) is 0. The second-order valence-corrected chi connectivity index (χ2v) is 7.40. The molecule has 0 bridgehead atoms. The number of piperazine rings is 1. The summed E-state index contributed by atoms with van der Waals surface area (Å²) >= 11 is 3.48. The third-order valence-corrected chi connectivity index (χ3v) is 5.24. The van der Waals surface area contributed by atoms with Crippen LogP contribution in [0.25, 0.3) is 11.0 Å². The summed E-state index contributed by atoms with van der Waals surface area (Å²) in [6.07, 6.45) is 1.46. The van der Waals surface area contributed by atoms with E-state index in [1.54, 1.807) is 11.0 Å². The first kappa shape index (κ1) is 17.6. The van der Waals surface area contributed by atoms with Crippen molar-refractivity contribution in [1.82, 2.24) is 14.9 Å². The molecule has 1 aromatic carbocycles. The Balaban J connectivity index is 1.50. The number of aryl methyl sites for hydroxylation is 1. The van der Waals surface area contributed by atoms with Crippen molar-refractivity contribution in [2.45, 2.75) is 6.92 Å². The summed E-state index contributed by atoms with van der Waals surface area (Å²) in [4.78, 5) is 34.0. The van der Waals surface area contributed by atoms with Crippen molar-refractivity contribution in [3.8, 4) is 0 Å². The number of amides is 1. The predicted octanol–water partition coefficient (Wildman–Crippen LogP) is 2.13. The van der Waals surface area contributed by atoms with Crippen LogP contribution in [0, 0.1) is 6.92 Å². The number of aromatic nitrogens is 2. The van der Waals surface area contributed by atoms with Crippen LogP contribution in [0.5, 0.6) is 0 Å². The van der Waals surface area contributed by atoms with Crippen LogP contribution < -0.4 is 16.3 Å². The van der Waals surface area contributed by atoms with Gasteiger partial charge in [0.05, 0.1) is 16.4 Å². The van der Waals surface area contributed by atoms with Gasteiger partial charge in [-0.1, -0.05) is 0 Å². The highest BCUT2D eigenvalue weighted by molar-refractivity contribution is 9.10. The average molecular weight is 432 g/mol. The van der Waals surface area contributed by atoms with Crippen LogP contribution in [0.2, 0.25) is 0 Å². The van der Waals surface area contributed by atoms with Crippen LogP contribution in [0.1, 0.15) is 16.1 Å². The van der Waals surface area contributed by atoms with Gasteiger partial charge in [-0.05, 0) is 46.6 Å². The van der Waals surface area contributed by atoms with Crippen LogP contribution in [-0.4, -0.2) is 47.0 Å². The molecule has 3 aromatic rings. The maximum absolute atomic E-state index is 12.8. The van der Waals surface area contributed by atoms with Crippen molar-refractivity contribution in [3.05, 3.63) is 50.7 Å². The number of H-pyrrole nitrogens is 1. The van der Waals surface area contributed by atoms with Crippen molar-refractivity contribution >= 4 is 44.3 Å². The van der Waals surface area contributed by atoms with Crippen LogP contribution in [0.4, 0.5) is 11.5 Å². The molecular weight excluding hydrogens is 414 g/mol. The van der Waals surface area contributed by atoms with E-state index in [-0.39, 0.29) is 11.7 Å². The molecule has 0 saturated carbocycles. The Hall–Kier alpha value is -2.81. The van der Waals surface area contributed by atoms with E-state index < -0.39 is 5.69 Å². The topological polar surface area (TPSA) is 108 Å². The number of carbonyl (C=O) groups is 1. The lowest BCUT2D eigenvalue weighted by Crippen LogP contribution is -2.49. The summed E-state index contributed by atoms with van der Waals surface area (Å²) in [5.41, 5.74) is 7.83. The number of nitrogens with zero attached hydrogens (tertiary/aromatic N) is 3. The van der Waals surface area contributed by atoms with Gasteiger partial charge in [0.2, 0.25) is 0 Å². The molecule has 0 aliphatic carbocycles. The Morgan fingerprint density at radius 3 is 2.70 bits per heavy atom. The molecule has 1 saturated heterocycles. The van der Waals surface area contributed by atoms with Crippen LogP contribution in [-0.2, 0) is 0 Å². The number of aromatic amines is 1. The fraction of sp³-hybridized carbons (Fsp3) is 0.278. The van der Waals surface area contributed by atoms with Gasteiger partial charge in [-0.3, -0.25) is 9.78 Å². The average Bonchev–Trinajstić information content (AvgIpc) is 3.06. The van der Waals surface area contributed by atoms with Crippen molar-refractivity contribution in [2.24, 2.45) is 0 Å². The van der Waals surface area contributed by atoms with E-state index in [9.17, 15) is 9.59 Å². The Kier molecular flexibility index (Phi) is 4.39.